The predicted molar refractivity (Wildman–Crippen MR) is 100 cm³/mol. The van der Waals surface area contributed by atoms with Gasteiger partial charge in [0.25, 0.3) is 0 Å². The molecule has 0 amide bonds. The Kier molecular flexibility index (Phi) is 10.0. The van der Waals surface area contributed by atoms with Crippen LogP contribution in [0.3, 0.4) is 0 Å². The third-order valence-corrected chi connectivity index (χ3v) is 6.10. The molecule has 6 heteroatoms. The first kappa shape index (κ1) is 21.9. The number of carboxylic acids is 1. The molecular weight excluding hydrogens is 339 g/mol. The molecule has 0 aromatic heterocycles. The van der Waals surface area contributed by atoms with Gasteiger partial charge in [0.2, 0.25) is 7.37 Å². The Morgan fingerprint density at radius 3 is 2.44 bits per heavy atom. The van der Waals surface area contributed by atoms with E-state index in [2.05, 4.69) is 12.1 Å². The topological polar surface area (TPSA) is 72.8 Å². The molecule has 5 nitrogen and oxygen atoms in total. The minimum absolute atomic E-state index is 0.0120. The number of hydrogen-bond acceptors (Lipinski definition) is 4. The van der Waals surface area contributed by atoms with E-state index in [0.717, 1.165) is 19.3 Å². The molecule has 0 spiro atoms. The Morgan fingerprint density at radius 2 is 1.88 bits per heavy atom. The molecule has 0 unspecified atom stereocenters. The molecule has 1 N–H and O–H groups in total. The number of carboxylic acid groups (broad SMARTS) is 1. The third-order valence-electron chi connectivity index (χ3n) is 3.76. The van der Waals surface area contributed by atoms with Crippen LogP contribution in [0.4, 0.5) is 0 Å². The summed E-state index contributed by atoms with van der Waals surface area (Å²) in [4.78, 5) is 11.1. The summed E-state index contributed by atoms with van der Waals surface area (Å²) in [6.07, 6.45) is 2.42. The van der Waals surface area contributed by atoms with Gasteiger partial charge in [0.1, 0.15) is 6.16 Å². The number of aryl methyl sites for hydroxylation is 1. The first-order valence-electron chi connectivity index (χ1n) is 9.00. The number of ether oxygens (including phenoxy) is 1. The Balaban J connectivity index is 2.60. The van der Waals surface area contributed by atoms with Crippen molar-refractivity contribution in [1.29, 1.82) is 0 Å². The van der Waals surface area contributed by atoms with E-state index in [1.165, 1.54) is 5.56 Å². The maximum absolute atomic E-state index is 13.0. The lowest BCUT2D eigenvalue weighted by Gasteiger charge is -2.27. The van der Waals surface area contributed by atoms with Crippen molar-refractivity contribution in [2.75, 3.05) is 18.9 Å². The highest BCUT2D eigenvalue weighted by molar-refractivity contribution is 7.59. The van der Waals surface area contributed by atoms with Crippen LogP contribution in [0, 0.1) is 5.92 Å². The number of aliphatic carboxylic acids is 1. The van der Waals surface area contributed by atoms with Gasteiger partial charge in [-0.3, -0.25) is 13.9 Å². The highest BCUT2D eigenvalue weighted by Crippen LogP contribution is 2.49. The lowest BCUT2D eigenvalue weighted by atomic mass is 10.1. The molecule has 0 aliphatic carbocycles. The fourth-order valence-corrected chi connectivity index (χ4v) is 4.61. The van der Waals surface area contributed by atoms with E-state index >= 15 is 0 Å². The van der Waals surface area contributed by atoms with Gasteiger partial charge in [0.05, 0.1) is 0 Å². The van der Waals surface area contributed by atoms with Gasteiger partial charge in [-0.15, -0.1) is 0 Å². The summed E-state index contributed by atoms with van der Waals surface area (Å²) in [6, 6.07) is 10.1. The SMILES string of the molecule is CCCO[C@H](O[P@](=O)(CCCCc1ccccc1)CC(=O)O)C(C)C. The van der Waals surface area contributed by atoms with Crippen molar-refractivity contribution in [3.05, 3.63) is 35.9 Å². The summed E-state index contributed by atoms with van der Waals surface area (Å²) in [5, 5.41) is 9.12. The highest BCUT2D eigenvalue weighted by atomic mass is 31.2. The van der Waals surface area contributed by atoms with Crippen molar-refractivity contribution in [2.24, 2.45) is 5.92 Å². The Morgan fingerprint density at radius 1 is 1.20 bits per heavy atom. The molecule has 0 aliphatic heterocycles. The van der Waals surface area contributed by atoms with Crippen molar-refractivity contribution in [3.63, 3.8) is 0 Å². The average molecular weight is 370 g/mol. The van der Waals surface area contributed by atoms with Crippen molar-refractivity contribution in [2.45, 2.75) is 52.7 Å². The number of rotatable bonds is 13. The van der Waals surface area contributed by atoms with Crippen molar-refractivity contribution < 1.29 is 23.7 Å². The molecule has 0 saturated carbocycles. The van der Waals surface area contributed by atoms with Gasteiger partial charge >= 0.3 is 5.97 Å². The number of unbranched alkanes of at least 4 members (excludes halogenated alkanes) is 1. The van der Waals surface area contributed by atoms with Gasteiger partial charge in [-0.2, -0.15) is 0 Å². The molecule has 0 bridgehead atoms. The normalized spacial score (nSPS) is 15.0. The van der Waals surface area contributed by atoms with Gasteiger partial charge in [0.15, 0.2) is 6.29 Å². The molecule has 0 aliphatic rings. The zero-order valence-corrected chi connectivity index (χ0v) is 16.4. The van der Waals surface area contributed by atoms with E-state index in [9.17, 15) is 9.36 Å². The van der Waals surface area contributed by atoms with Crippen LogP contribution >= 0.6 is 7.37 Å². The summed E-state index contributed by atoms with van der Waals surface area (Å²) in [6.45, 7) is 6.32. The standard InChI is InChI=1S/C19H31O5P/c1-4-13-23-19(16(2)3)24-25(22,15-18(20)21)14-9-8-12-17-10-6-5-7-11-17/h5-7,10-11,16,19H,4,8-9,12-15H2,1-3H3,(H,20,21)/t19-,25-/m1/s1. The number of carbonyl (C=O) groups is 1. The van der Waals surface area contributed by atoms with Crippen LogP contribution in [0.15, 0.2) is 30.3 Å². The molecule has 0 saturated heterocycles. The van der Waals surface area contributed by atoms with Crippen molar-refractivity contribution in [3.8, 4) is 0 Å². The molecule has 142 valence electrons. The molecule has 0 heterocycles. The monoisotopic (exact) mass is 370 g/mol. The average Bonchev–Trinajstić information content (AvgIpc) is 2.55. The fourth-order valence-electron chi connectivity index (χ4n) is 2.47. The maximum atomic E-state index is 13.0. The number of benzene rings is 1. The zero-order chi connectivity index (χ0) is 18.7. The summed E-state index contributed by atoms with van der Waals surface area (Å²) in [5.41, 5.74) is 1.22. The van der Waals surface area contributed by atoms with Crippen LogP contribution in [0.1, 0.15) is 45.6 Å². The van der Waals surface area contributed by atoms with E-state index < -0.39 is 25.8 Å². The first-order valence-corrected chi connectivity index (χ1v) is 11.0. The van der Waals surface area contributed by atoms with Gasteiger partial charge < -0.3 is 9.84 Å². The molecule has 1 aromatic carbocycles. The highest BCUT2D eigenvalue weighted by Gasteiger charge is 2.31. The zero-order valence-electron chi connectivity index (χ0n) is 15.5. The van der Waals surface area contributed by atoms with Crippen LogP contribution in [0.5, 0.6) is 0 Å². The third kappa shape index (κ3) is 9.20. The van der Waals surface area contributed by atoms with E-state index in [4.69, 9.17) is 14.4 Å². The maximum Gasteiger partial charge on any atom is 0.313 e. The van der Waals surface area contributed by atoms with Crippen LogP contribution < -0.4 is 0 Å². The minimum atomic E-state index is -3.27. The van der Waals surface area contributed by atoms with Gasteiger partial charge in [-0.05, 0) is 31.2 Å². The molecule has 0 radical (unpaired) electrons. The second kappa shape index (κ2) is 11.5. The molecule has 1 aromatic rings. The first-order chi connectivity index (χ1) is 11.9. The molecule has 25 heavy (non-hydrogen) atoms. The van der Waals surface area contributed by atoms with E-state index in [0.29, 0.717) is 13.0 Å². The summed E-state index contributed by atoms with van der Waals surface area (Å²) >= 11 is 0. The molecule has 2 atom stereocenters. The lowest BCUT2D eigenvalue weighted by Crippen LogP contribution is -2.25. The smallest absolute Gasteiger partial charge is 0.313 e. The van der Waals surface area contributed by atoms with Gasteiger partial charge in [-0.25, -0.2) is 0 Å². The lowest BCUT2D eigenvalue weighted by molar-refractivity contribution is -0.134. The van der Waals surface area contributed by atoms with Crippen LogP contribution in [-0.4, -0.2) is 36.3 Å². The summed E-state index contributed by atoms with van der Waals surface area (Å²) in [7, 11) is -3.27. The van der Waals surface area contributed by atoms with Crippen molar-refractivity contribution in [1.82, 2.24) is 0 Å². The second-order valence-electron chi connectivity index (χ2n) is 6.62. The van der Waals surface area contributed by atoms with E-state index in [1.54, 1.807) is 0 Å². The van der Waals surface area contributed by atoms with Crippen LogP contribution in [0.25, 0.3) is 0 Å². The predicted octanol–water partition coefficient (Wildman–Crippen LogP) is 4.80. The van der Waals surface area contributed by atoms with Crippen LogP contribution in [0.2, 0.25) is 0 Å². The van der Waals surface area contributed by atoms with Gasteiger partial charge in [0, 0.05) is 18.7 Å². The Labute approximate surface area is 151 Å². The summed E-state index contributed by atoms with van der Waals surface area (Å²) in [5.74, 6) is -1.08. The van der Waals surface area contributed by atoms with Gasteiger partial charge in [-0.1, -0.05) is 51.1 Å². The Bertz CT molecular complexity index is 544. The van der Waals surface area contributed by atoms with E-state index in [1.807, 2.05) is 39.0 Å². The second-order valence-corrected chi connectivity index (χ2v) is 9.22. The largest absolute Gasteiger partial charge is 0.481 e. The van der Waals surface area contributed by atoms with Crippen molar-refractivity contribution >= 4 is 13.3 Å². The molecule has 1 rings (SSSR count). The number of hydrogen-bond donors (Lipinski definition) is 1. The van der Waals surface area contributed by atoms with Crippen LogP contribution in [-0.2, 0) is 25.0 Å². The molecular formula is C19H31O5P. The quantitative estimate of drug-likeness (QED) is 0.307. The fraction of sp³-hybridized carbons (Fsp3) is 0.632. The van der Waals surface area contributed by atoms with E-state index in [-0.39, 0.29) is 12.1 Å². The Hall–Kier alpha value is -1.16. The minimum Gasteiger partial charge on any atom is -0.481 e. The summed E-state index contributed by atoms with van der Waals surface area (Å²) < 4.78 is 24.4. The molecule has 0 fully saturated rings.